The van der Waals surface area contributed by atoms with Gasteiger partial charge in [-0.1, -0.05) is 29.8 Å². The van der Waals surface area contributed by atoms with Gasteiger partial charge in [-0.05, 0) is 18.6 Å². The lowest BCUT2D eigenvalue weighted by atomic mass is 10.2. The van der Waals surface area contributed by atoms with E-state index in [4.69, 9.17) is 16.3 Å². The van der Waals surface area contributed by atoms with Crippen LogP contribution in [0.2, 0.25) is 5.02 Å². The molecule has 0 aliphatic heterocycles. The van der Waals surface area contributed by atoms with E-state index in [0.29, 0.717) is 11.6 Å². The van der Waals surface area contributed by atoms with Gasteiger partial charge in [-0.2, -0.15) is 5.10 Å². The van der Waals surface area contributed by atoms with E-state index in [-0.39, 0.29) is 5.56 Å². The molecule has 8 nitrogen and oxygen atoms in total. The number of rotatable bonds is 5. The number of carbonyl (C=O) groups is 3. The van der Waals surface area contributed by atoms with Crippen LogP contribution in [0.3, 0.4) is 0 Å². The van der Waals surface area contributed by atoms with E-state index < -0.39 is 24.0 Å². The van der Waals surface area contributed by atoms with E-state index in [1.807, 2.05) is 23.5 Å². The largest absolute Gasteiger partial charge is 0.449 e. The second-order valence-electron chi connectivity index (χ2n) is 5.13. The zero-order valence-corrected chi connectivity index (χ0v) is 14.4. The first-order valence-electron chi connectivity index (χ1n) is 7.40. The van der Waals surface area contributed by atoms with Crippen molar-refractivity contribution in [1.29, 1.82) is 0 Å². The third-order valence-electron chi connectivity index (χ3n) is 3.28. The Bertz CT molecular complexity index is 790. The molecule has 2 rings (SSSR count). The van der Waals surface area contributed by atoms with Crippen molar-refractivity contribution in [2.24, 2.45) is 0 Å². The number of hydrogen-bond acceptors (Lipinski definition) is 5. The quantitative estimate of drug-likeness (QED) is 0.784. The molecule has 0 aliphatic rings. The second-order valence-corrected chi connectivity index (χ2v) is 5.54. The van der Waals surface area contributed by atoms with Crippen molar-refractivity contribution in [2.45, 2.75) is 19.6 Å². The van der Waals surface area contributed by atoms with Crippen molar-refractivity contribution in [3.05, 3.63) is 52.8 Å². The molecule has 132 valence electrons. The van der Waals surface area contributed by atoms with Crippen molar-refractivity contribution in [3.63, 3.8) is 0 Å². The van der Waals surface area contributed by atoms with Crippen LogP contribution in [-0.2, 0) is 16.1 Å². The first-order chi connectivity index (χ1) is 11.9. The van der Waals surface area contributed by atoms with Crippen LogP contribution in [0.4, 0.5) is 4.79 Å². The Hall–Kier alpha value is -2.87. The minimum atomic E-state index is -1.13. The maximum absolute atomic E-state index is 12.1. The summed E-state index contributed by atoms with van der Waals surface area (Å²) in [6.45, 7) is 1.75. The summed E-state index contributed by atoms with van der Waals surface area (Å²) in [5.74, 6) is -1.44. The SMILES string of the molecule is CNC(=O)NC(=O)C(C)OC(=O)c1cnn(Cc2ccccc2Cl)c1. The molecule has 0 fully saturated rings. The Morgan fingerprint density at radius 2 is 2.04 bits per heavy atom. The normalized spacial score (nSPS) is 11.5. The van der Waals surface area contributed by atoms with Crippen molar-refractivity contribution in [3.8, 4) is 0 Å². The standard InChI is InChI=1S/C16H17ClN4O4/c1-10(14(22)20-16(24)18-2)25-15(23)12-7-19-21(9-12)8-11-5-3-4-6-13(11)17/h3-7,9-10H,8H2,1-2H3,(H2,18,20,22,24). The molecule has 9 heteroatoms. The molecule has 1 heterocycles. The number of amides is 3. The lowest BCUT2D eigenvalue weighted by molar-refractivity contribution is -0.127. The molecule has 0 bridgehead atoms. The zero-order valence-electron chi connectivity index (χ0n) is 13.7. The molecular formula is C16H17ClN4O4. The summed E-state index contributed by atoms with van der Waals surface area (Å²) in [7, 11) is 1.37. The molecule has 1 aromatic carbocycles. The number of aromatic nitrogens is 2. The highest BCUT2D eigenvalue weighted by Gasteiger charge is 2.21. The molecule has 1 aromatic heterocycles. The van der Waals surface area contributed by atoms with E-state index in [0.717, 1.165) is 5.56 Å². The number of esters is 1. The topological polar surface area (TPSA) is 102 Å². The van der Waals surface area contributed by atoms with Gasteiger partial charge in [-0.25, -0.2) is 9.59 Å². The van der Waals surface area contributed by atoms with Gasteiger partial charge in [0.25, 0.3) is 5.91 Å². The summed E-state index contributed by atoms with van der Waals surface area (Å²) < 4.78 is 6.56. The number of hydrogen-bond donors (Lipinski definition) is 2. The summed E-state index contributed by atoms with van der Waals surface area (Å²) in [6.07, 6.45) is 1.70. The summed E-state index contributed by atoms with van der Waals surface area (Å²) in [5, 5.41) is 8.94. The van der Waals surface area contributed by atoms with E-state index in [1.54, 1.807) is 6.07 Å². The maximum Gasteiger partial charge on any atom is 0.342 e. The summed E-state index contributed by atoms with van der Waals surface area (Å²) in [5.41, 5.74) is 1.04. The predicted octanol–water partition coefficient (Wildman–Crippen LogP) is 1.59. The van der Waals surface area contributed by atoms with Crippen molar-refractivity contribution in [2.75, 3.05) is 7.05 Å². The van der Waals surface area contributed by atoms with Crippen molar-refractivity contribution >= 4 is 29.5 Å². The van der Waals surface area contributed by atoms with Gasteiger partial charge in [0, 0.05) is 18.3 Å². The monoisotopic (exact) mass is 364 g/mol. The van der Waals surface area contributed by atoms with Crippen LogP contribution in [-0.4, -0.2) is 40.8 Å². The molecule has 0 aliphatic carbocycles. The second kappa shape index (κ2) is 8.29. The van der Waals surface area contributed by atoms with Crippen LogP contribution in [0.15, 0.2) is 36.7 Å². The minimum absolute atomic E-state index is 0.187. The van der Waals surface area contributed by atoms with Gasteiger partial charge in [-0.3, -0.25) is 14.8 Å². The van der Waals surface area contributed by atoms with Crippen LogP contribution in [0.1, 0.15) is 22.8 Å². The number of nitrogens with one attached hydrogen (secondary N) is 2. The van der Waals surface area contributed by atoms with Gasteiger partial charge in [0.2, 0.25) is 0 Å². The predicted molar refractivity (Wildman–Crippen MR) is 90.3 cm³/mol. The molecule has 3 amide bonds. The highest BCUT2D eigenvalue weighted by molar-refractivity contribution is 6.31. The van der Waals surface area contributed by atoms with Gasteiger partial charge in [-0.15, -0.1) is 0 Å². The van der Waals surface area contributed by atoms with Gasteiger partial charge in [0.1, 0.15) is 0 Å². The van der Waals surface area contributed by atoms with E-state index in [9.17, 15) is 14.4 Å². The maximum atomic E-state index is 12.1. The first kappa shape index (κ1) is 18.5. The molecule has 0 radical (unpaired) electrons. The zero-order chi connectivity index (χ0) is 18.4. The molecule has 0 saturated heterocycles. The lowest BCUT2D eigenvalue weighted by Gasteiger charge is -2.11. The Morgan fingerprint density at radius 1 is 1.32 bits per heavy atom. The highest BCUT2D eigenvalue weighted by atomic mass is 35.5. The minimum Gasteiger partial charge on any atom is -0.449 e. The Morgan fingerprint density at radius 3 is 2.72 bits per heavy atom. The molecule has 0 saturated carbocycles. The molecule has 0 spiro atoms. The summed E-state index contributed by atoms with van der Waals surface area (Å²) >= 11 is 6.09. The Kier molecular flexibility index (Phi) is 6.13. The number of benzene rings is 1. The van der Waals surface area contributed by atoms with Crippen LogP contribution in [0.25, 0.3) is 0 Å². The molecular weight excluding hydrogens is 348 g/mol. The molecule has 1 atom stereocenters. The van der Waals surface area contributed by atoms with Gasteiger partial charge in [0.15, 0.2) is 6.10 Å². The smallest absolute Gasteiger partial charge is 0.342 e. The summed E-state index contributed by atoms with van der Waals surface area (Å²) in [4.78, 5) is 34.8. The van der Waals surface area contributed by atoms with Crippen LogP contribution >= 0.6 is 11.6 Å². The number of urea groups is 1. The number of halogens is 1. The highest BCUT2D eigenvalue weighted by Crippen LogP contribution is 2.16. The Labute approximate surface area is 149 Å². The van der Waals surface area contributed by atoms with Crippen LogP contribution < -0.4 is 10.6 Å². The first-order valence-corrected chi connectivity index (χ1v) is 7.78. The average Bonchev–Trinajstić information content (AvgIpc) is 3.05. The van der Waals surface area contributed by atoms with Crippen LogP contribution in [0.5, 0.6) is 0 Å². The van der Waals surface area contributed by atoms with Gasteiger partial charge < -0.3 is 10.1 Å². The van der Waals surface area contributed by atoms with E-state index in [2.05, 4.69) is 10.4 Å². The lowest BCUT2D eigenvalue weighted by Crippen LogP contribution is -2.43. The number of ether oxygens (including phenoxy) is 1. The fraction of sp³-hybridized carbons (Fsp3) is 0.250. The third-order valence-corrected chi connectivity index (χ3v) is 3.64. The van der Waals surface area contributed by atoms with Crippen LogP contribution in [0, 0.1) is 0 Å². The average molecular weight is 365 g/mol. The fourth-order valence-electron chi connectivity index (χ4n) is 1.91. The molecule has 1 unspecified atom stereocenters. The molecule has 2 N–H and O–H groups in total. The fourth-order valence-corrected chi connectivity index (χ4v) is 2.11. The third kappa shape index (κ3) is 5.05. The van der Waals surface area contributed by atoms with Crippen molar-refractivity contribution < 1.29 is 19.1 Å². The number of carbonyl (C=O) groups excluding carboxylic acids is 3. The van der Waals surface area contributed by atoms with E-state index >= 15 is 0 Å². The number of imide groups is 1. The van der Waals surface area contributed by atoms with Crippen molar-refractivity contribution in [1.82, 2.24) is 20.4 Å². The van der Waals surface area contributed by atoms with Gasteiger partial charge >= 0.3 is 12.0 Å². The summed E-state index contributed by atoms with van der Waals surface area (Å²) in [6, 6.07) is 6.62. The number of nitrogens with zero attached hydrogens (tertiary/aromatic N) is 2. The Balaban J connectivity index is 1.97. The molecule has 2 aromatic rings. The van der Waals surface area contributed by atoms with E-state index in [1.165, 1.54) is 31.0 Å². The van der Waals surface area contributed by atoms with Gasteiger partial charge in [0.05, 0.1) is 18.3 Å². The molecule has 25 heavy (non-hydrogen) atoms.